The Hall–Kier alpha value is -1.56. The first-order chi connectivity index (χ1) is 9.88. The zero-order valence-corrected chi connectivity index (χ0v) is 13.2. The van der Waals surface area contributed by atoms with Crippen molar-refractivity contribution in [1.29, 1.82) is 0 Å². The van der Waals surface area contributed by atoms with Gasteiger partial charge in [0.2, 0.25) is 10.0 Å². The van der Waals surface area contributed by atoms with Gasteiger partial charge in [0, 0.05) is 11.6 Å². The summed E-state index contributed by atoms with van der Waals surface area (Å²) in [6.07, 6.45) is 0.585. The Morgan fingerprint density at radius 2 is 1.81 bits per heavy atom. The molecule has 0 saturated carbocycles. The summed E-state index contributed by atoms with van der Waals surface area (Å²) in [4.78, 5) is 0.115. The number of nitrogens with two attached hydrogens (primary N) is 1. The van der Waals surface area contributed by atoms with Gasteiger partial charge >= 0.3 is 0 Å². The Labute approximate surface area is 130 Å². The van der Waals surface area contributed by atoms with Gasteiger partial charge in [0.15, 0.2) is 0 Å². The van der Waals surface area contributed by atoms with Crippen LogP contribution in [0.2, 0.25) is 5.02 Å². The minimum Gasteiger partial charge on any atom is -0.398 e. The highest BCUT2D eigenvalue weighted by Crippen LogP contribution is 2.19. The summed E-state index contributed by atoms with van der Waals surface area (Å²) in [6, 6.07) is 12.2. The number of halogens is 1. The summed E-state index contributed by atoms with van der Waals surface area (Å²) in [7, 11) is -3.59. The van der Waals surface area contributed by atoms with E-state index in [4.69, 9.17) is 17.3 Å². The monoisotopic (exact) mass is 324 g/mol. The van der Waals surface area contributed by atoms with Crippen molar-refractivity contribution < 1.29 is 8.42 Å². The normalized spacial score (nSPS) is 11.5. The van der Waals surface area contributed by atoms with E-state index in [1.54, 1.807) is 24.3 Å². The van der Waals surface area contributed by atoms with E-state index in [0.29, 0.717) is 18.0 Å². The molecular formula is C15H17ClN2O2S. The first-order valence-corrected chi connectivity index (χ1v) is 8.35. The van der Waals surface area contributed by atoms with Crippen LogP contribution in [0.25, 0.3) is 0 Å². The summed E-state index contributed by atoms with van der Waals surface area (Å²) >= 11 is 5.80. The number of rotatable bonds is 5. The molecule has 0 aromatic heterocycles. The first kappa shape index (κ1) is 15.8. The molecule has 0 atom stereocenters. The fraction of sp³-hybridized carbons (Fsp3) is 0.200. The first-order valence-electron chi connectivity index (χ1n) is 6.49. The Morgan fingerprint density at radius 1 is 1.14 bits per heavy atom. The maximum Gasteiger partial charge on any atom is 0.242 e. The lowest BCUT2D eigenvalue weighted by Gasteiger charge is -2.09. The van der Waals surface area contributed by atoms with E-state index in [0.717, 1.165) is 11.1 Å². The number of nitrogens with one attached hydrogen (secondary N) is 1. The zero-order valence-electron chi connectivity index (χ0n) is 11.6. The van der Waals surface area contributed by atoms with Gasteiger partial charge in [0.1, 0.15) is 4.90 Å². The van der Waals surface area contributed by atoms with Crippen molar-refractivity contribution in [3.8, 4) is 0 Å². The van der Waals surface area contributed by atoms with Crippen molar-refractivity contribution in [3.63, 3.8) is 0 Å². The molecule has 0 aliphatic rings. The molecule has 0 unspecified atom stereocenters. The van der Waals surface area contributed by atoms with Gasteiger partial charge in [-0.1, -0.05) is 29.8 Å². The average molecular weight is 325 g/mol. The maximum absolute atomic E-state index is 12.2. The summed E-state index contributed by atoms with van der Waals surface area (Å²) < 4.78 is 27.0. The largest absolute Gasteiger partial charge is 0.398 e. The molecule has 0 fully saturated rings. The van der Waals surface area contributed by atoms with Gasteiger partial charge in [-0.05, 0) is 48.7 Å². The van der Waals surface area contributed by atoms with Crippen molar-refractivity contribution >= 4 is 27.3 Å². The van der Waals surface area contributed by atoms with E-state index >= 15 is 0 Å². The molecule has 21 heavy (non-hydrogen) atoms. The summed E-state index contributed by atoms with van der Waals surface area (Å²) in [5, 5.41) is 0.659. The lowest BCUT2D eigenvalue weighted by molar-refractivity contribution is 0.582. The molecule has 3 N–H and O–H groups in total. The second-order valence-corrected chi connectivity index (χ2v) is 6.99. The lowest BCUT2D eigenvalue weighted by atomic mass is 10.2. The third-order valence-electron chi connectivity index (χ3n) is 3.07. The molecule has 2 rings (SSSR count). The highest BCUT2D eigenvalue weighted by molar-refractivity contribution is 7.89. The van der Waals surface area contributed by atoms with Crippen molar-refractivity contribution in [2.24, 2.45) is 0 Å². The number of anilines is 1. The number of benzene rings is 2. The molecule has 0 aliphatic heterocycles. The topological polar surface area (TPSA) is 72.2 Å². The summed E-state index contributed by atoms with van der Waals surface area (Å²) in [6.45, 7) is 2.16. The second-order valence-electron chi connectivity index (χ2n) is 4.82. The van der Waals surface area contributed by atoms with Crippen LogP contribution < -0.4 is 10.5 Å². The minimum atomic E-state index is -3.59. The van der Waals surface area contributed by atoms with Gasteiger partial charge in [0.25, 0.3) is 0 Å². The predicted molar refractivity (Wildman–Crippen MR) is 85.9 cm³/mol. The van der Waals surface area contributed by atoms with Crippen LogP contribution in [0.15, 0.2) is 47.4 Å². The molecule has 0 amide bonds. The van der Waals surface area contributed by atoms with Crippen LogP contribution in [0.5, 0.6) is 0 Å². The molecule has 112 valence electrons. The fourth-order valence-corrected chi connectivity index (χ4v) is 3.24. The molecular weight excluding hydrogens is 308 g/mol. The second kappa shape index (κ2) is 6.47. The summed E-state index contributed by atoms with van der Waals surface area (Å²) in [5.41, 5.74) is 7.97. The molecule has 0 bridgehead atoms. The molecule has 0 saturated heterocycles. The van der Waals surface area contributed by atoms with E-state index in [1.807, 2.05) is 19.1 Å². The van der Waals surface area contributed by atoms with Gasteiger partial charge in [0.05, 0.1) is 5.69 Å². The van der Waals surface area contributed by atoms with Gasteiger partial charge in [-0.2, -0.15) is 0 Å². The molecule has 0 spiro atoms. The van der Waals surface area contributed by atoms with Gasteiger partial charge in [-0.15, -0.1) is 0 Å². The van der Waals surface area contributed by atoms with Crippen LogP contribution in [0, 0.1) is 6.92 Å². The maximum atomic E-state index is 12.2. The number of aryl methyl sites for hydroxylation is 1. The van der Waals surface area contributed by atoms with Crippen molar-refractivity contribution in [2.75, 3.05) is 12.3 Å². The molecule has 0 heterocycles. The Bertz CT molecular complexity index is 728. The molecule has 4 nitrogen and oxygen atoms in total. The Morgan fingerprint density at radius 3 is 2.43 bits per heavy atom. The number of hydrogen-bond acceptors (Lipinski definition) is 3. The van der Waals surface area contributed by atoms with Crippen molar-refractivity contribution in [1.82, 2.24) is 4.72 Å². The number of nitrogen functional groups attached to an aromatic ring is 1. The van der Waals surface area contributed by atoms with Crippen LogP contribution in [-0.2, 0) is 16.4 Å². The molecule has 2 aromatic rings. The SMILES string of the molecule is Cc1ccc(S(=O)(=O)NCCc2ccc(Cl)cc2)c(N)c1. The van der Waals surface area contributed by atoms with Gasteiger partial charge < -0.3 is 5.73 Å². The Balaban J connectivity index is 2.03. The van der Waals surface area contributed by atoms with E-state index in [1.165, 1.54) is 6.07 Å². The summed E-state index contributed by atoms with van der Waals surface area (Å²) in [5.74, 6) is 0. The fourth-order valence-electron chi connectivity index (χ4n) is 1.97. The lowest BCUT2D eigenvalue weighted by Crippen LogP contribution is -2.26. The smallest absolute Gasteiger partial charge is 0.242 e. The van der Waals surface area contributed by atoms with Gasteiger partial charge in [-0.25, -0.2) is 13.1 Å². The molecule has 0 aliphatic carbocycles. The quantitative estimate of drug-likeness (QED) is 0.831. The average Bonchev–Trinajstić information content (AvgIpc) is 2.40. The predicted octanol–water partition coefficient (Wildman–Crippen LogP) is 2.75. The molecule has 2 aromatic carbocycles. The van der Waals surface area contributed by atoms with Crippen LogP contribution >= 0.6 is 11.6 Å². The van der Waals surface area contributed by atoms with E-state index in [2.05, 4.69) is 4.72 Å². The number of sulfonamides is 1. The van der Waals surface area contributed by atoms with Crippen LogP contribution in [0.3, 0.4) is 0 Å². The van der Waals surface area contributed by atoms with Crippen molar-refractivity contribution in [3.05, 3.63) is 58.6 Å². The third-order valence-corrected chi connectivity index (χ3v) is 4.86. The third kappa shape index (κ3) is 4.20. The number of hydrogen-bond donors (Lipinski definition) is 2. The molecule has 0 radical (unpaired) electrons. The van der Waals surface area contributed by atoms with Crippen LogP contribution in [0.1, 0.15) is 11.1 Å². The van der Waals surface area contributed by atoms with Gasteiger partial charge in [-0.3, -0.25) is 0 Å². The zero-order chi connectivity index (χ0) is 15.5. The Kier molecular flexibility index (Phi) is 4.88. The molecule has 6 heteroatoms. The minimum absolute atomic E-state index is 0.115. The highest BCUT2D eigenvalue weighted by Gasteiger charge is 2.16. The van der Waals surface area contributed by atoms with E-state index < -0.39 is 10.0 Å². The van der Waals surface area contributed by atoms with Crippen LogP contribution in [-0.4, -0.2) is 15.0 Å². The van der Waals surface area contributed by atoms with E-state index in [-0.39, 0.29) is 10.6 Å². The van der Waals surface area contributed by atoms with E-state index in [9.17, 15) is 8.42 Å². The highest BCUT2D eigenvalue weighted by atomic mass is 35.5. The van der Waals surface area contributed by atoms with Crippen LogP contribution in [0.4, 0.5) is 5.69 Å². The van der Waals surface area contributed by atoms with Crippen molar-refractivity contribution in [2.45, 2.75) is 18.2 Å². The standard InChI is InChI=1S/C15H17ClN2O2S/c1-11-2-7-15(14(17)10-11)21(19,20)18-9-8-12-3-5-13(16)6-4-12/h2-7,10,18H,8-9,17H2,1H3.